The number of amides is 1. The van der Waals surface area contributed by atoms with Crippen molar-refractivity contribution in [3.05, 3.63) is 18.5 Å². The van der Waals surface area contributed by atoms with Crippen LogP contribution in [-0.2, 0) is 9.59 Å². The first-order chi connectivity index (χ1) is 6.65. The van der Waals surface area contributed by atoms with E-state index in [-0.39, 0.29) is 0 Å². The minimum atomic E-state index is -1.23. The van der Waals surface area contributed by atoms with Crippen LogP contribution in [-0.4, -0.2) is 35.1 Å². The van der Waals surface area contributed by atoms with Gasteiger partial charge in [-0.2, -0.15) is 0 Å². The van der Waals surface area contributed by atoms with Gasteiger partial charge in [-0.15, -0.1) is 0 Å². The molecule has 1 atom stereocenters. The first-order valence-electron chi connectivity index (χ1n) is 3.99. The van der Waals surface area contributed by atoms with Gasteiger partial charge in [0.25, 0.3) is 5.91 Å². The van der Waals surface area contributed by atoms with Gasteiger partial charge in [0.15, 0.2) is 6.04 Å². The number of carboxylic acids is 1. The van der Waals surface area contributed by atoms with E-state index in [0.29, 0.717) is 5.69 Å². The summed E-state index contributed by atoms with van der Waals surface area (Å²) in [6.45, 7) is 0. The fourth-order valence-corrected chi connectivity index (χ4v) is 0.983. The zero-order valence-electron chi connectivity index (χ0n) is 7.57. The Morgan fingerprint density at radius 2 is 2.29 bits per heavy atom. The number of anilines is 1. The summed E-state index contributed by atoms with van der Waals surface area (Å²) in [5.74, 6) is -1.81. The number of carbonyl (C=O) groups excluding carboxylic acids is 1. The van der Waals surface area contributed by atoms with E-state index in [1.165, 1.54) is 7.05 Å². The molecule has 0 fully saturated rings. The van der Waals surface area contributed by atoms with Gasteiger partial charge in [-0.1, -0.05) is 0 Å². The molecule has 0 bridgehead atoms. The Morgan fingerprint density at radius 1 is 1.57 bits per heavy atom. The van der Waals surface area contributed by atoms with Gasteiger partial charge in [0.1, 0.15) is 0 Å². The van der Waals surface area contributed by atoms with E-state index >= 15 is 0 Å². The lowest BCUT2D eigenvalue weighted by Gasteiger charge is -2.10. The second-order valence-electron chi connectivity index (χ2n) is 2.65. The van der Waals surface area contributed by atoms with Crippen LogP contribution >= 0.6 is 0 Å². The van der Waals surface area contributed by atoms with Gasteiger partial charge in [-0.05, 0) is 13.1 Å². The Hall–Kier alpha value is -1.82. The number of likely N-dealkylation sites (N-methyl/N-ethyl adjacent to an activating group) is 1. The van der Waals surface area contributed by atoms with Crippen LogP contribution in [0.3, 0.4) is 0 Å². The van der Waals surface area contributed by atoms with E-state index in [1.807, 2.05) is 0 Å². The van der Waals surface area contributed by atoms with Crippen molar-refractivity contribution in [2.24, 2.45) is 0 Å². The van der Waals surface area contributed by atoms with Crippen molar-refractivity contribution < 1.29 is 14.7 Å². The average Bonchev–Trinajstić information content (AvgIpc) is 2.57. The average molecular weight is 197 g/mol. The standard InChI is InChI=1S/C8H11N3O3/c1-9-6(8(13)14)7(12)11-5-2-3-10-4-5/h2-4,6,9-10H,1H3,(H,11,12)(H,13,14). The molecule has 0 aliphatic heterocycles. The molecule has 1 aromatic rings. The van der Waals surface area contributed by atoms with Crippen LogP contribution in [0.15, 0.2) is 18.5 Å². The molecule has 1 unspecified atom stereocenters. The second kappa shape index (κ2) is 4.43. The summed E-state index contributed by atoms with van der Waals surface area (Å²) in [7, 11) is 1.41. The van der Waals surface area contributed by atoms with Gasteiger partial charge in [0.05, 0.1) is 5.69 Å². The smallest absolute Gasteiger partial charge is 0.330 e. The van der Waals surface area contributed by atoms with Crippen LogP contribution in [0.25, 0.3) is 0 Å². The molecule has 4 N–H and O–H groups in total. The summed E-state index contributed by atoms with van der Waals surface area (Å²) >= 11 is 0. The molecule has 1 aromatic heterocycles. The molecule has 1 heterocycles. The summed E-state index contributed by atoms with van der Waals surface area (Å²) in [6, 6.07) is 0.400. The number of carboxylic acid groups (broad SMARTS) is 1. The molecule has 0 saturated carbocycles. The number of aromatic nitrogens is 1. The summed E-state index contributed by atoms with van der Waals surface area (Å²) < 4.78 is 0. The zero-order valence-corrected chi connectivity index (χ0v) is 7.57. The molecule has 6 nitrogen and oxygen atoms in total. The highest BCUT2D eigenvalue weighted by Crippen LogP contribution is 2.03. The molecular formula is C8H11N3O3. The lowest BCUT2D eigenvalue weighted by molar-refractivity contribution is -0.142. The van der Waals surface area contributed by atoms with Crippen LogP contribution in [0, 0.1) is 0 Å². The van der Waals surface area contributed by atoms with Crippen LogP contribution in [0.5, 0.6) is 0 Å². The van der Waals surface area contributed by atoms with Crippen molar-refractivity contribution in [2.45, 2.75) is 6.04 Å². The summed E-state index contributed by atoms with van der Waals surface area (Å²) in [6.07, 6.45) is 3.19. The molecule has 0 aliphatic carbocycles. The van der Waals surface area contributed by atoms with Crippen LogP contribution < -0.4 is 10.6 Å². The number of aliphatic carboxylic acids is 1. The molecule has 0 radical (unpaired) electrons. The number of carbonyl (C=O) groups is 2. The van der Waals surface area contributed by atoms with Crippen molar-refractivity contribution in [2.75, 3.05) is 12.4 Å². The van der Waals surface area contributed by atoms with Crippen molar-refractivity contribution >= 4 is 17.6 Å². The molecule has 1 amide bonds. The molecule has 1 rings (SSSR count). The van der Waals surface area contributed by atoms with E-state index in [2.05, 4.69) is 15.6 Å². The predicted octanol–water partition coefficient (Wildman–Crippen LogP) is -0.374. The van der Waals surface area contributed by atoms with E-state index in [0.717, 1.165) is 0 Å². The maximum Gasteiger partial charge on any atom is 0.330 e. The zero-order chi connectivity index (χ0) is 10.6. The summed E-state index contributed by atoms with van der Waals surface area (Å²) in [4.78, 5) is 24.6. The molecule has 6 heteroatoms. The van der Waals surface area contributed by atoms with Crippen LogP contribution in [0.1, 0.15) is 0 Å². The van der Waals surface area contributed by atoms with Gasteiger partial charge < -0.3 is 15.4 Å². The Kier molecular flexibility index (Phi) is 3.24. The Balaban J connectivity index is 2.61. The lowest BCUT2D eigenvalue weighted by atomic mass is 10.3. The van der Waals surface area contributed by atoms with Crippen molar-refractivity contribution in [3.8, 4) is 0 Å². The first-order valence-corrected chi connectivity index (χ1v) is 3.99. The Morgan fingerprint density at radius 3 is 2.71 bits per heavy atom. The topological polar surface area (TPSA) is 94.2 Å². The molecule has 0 spiro atoms. The molecular weight excluding hydrogens is 186 g/mol. The number of aromatic amines is 1. The van der Waals surface area contributed by atoms with Gasteiger partial charge >= 0.3 is 5.97 Å². The molecule has 14 heavy (non-hydrogen) atoms. The third-order valence-electron chi connectivity index (χ3n) is 1.66. The van der Waals surface area contributed by atoms with E-state index < -0.39 is 17.9 Å². The minimum Gasteiger partial charge on any atom is -0.480 e. The first kappa shape index (κ1) is 10.3. The van der Waals surface area contributed by atoms with E-state index in [4.69, 9.17) is 5.11 Å². The normalized spacial score (nSPS) is 12.1. The Bertz CT molecular complexity index is 321. The third kappa shape index (κ3) is 2.33. The van der Waals surface area contributed by atoms with E-state index in [9.17, 15) is 9.59 Å². The van der Waals surface area contributed by atoms with E-state index in [1.54, 1.807) is 18.5 Å². The molecule has 0 aromatic carbocycles. The number of nitrogens with one attached hydrogen (secondary N) is 3. The third-order valence-corrected chi connectivity index (χ3v) is 1.66. The minimum absolute atomic E-state index is 0.538. The predicted molar refractivity (Wildman–Crippen MR) is 49.9 cm³/mol. The number of H-pyrrole nitrogens is 1. The maximum atomic E-state index is 11.3. The molecule has 0 saturated heterocycles. The summed E-state index contributed by atoms with van der Waals surface area (Å²) in [5, 5.41) is 13.5. The van der Waals surface area contributed by atoms with Crippen molar-refractivity contribution in [1.29, 1.82) is 0 Å². The number of hydrogen-bond donors (Lipinski definition) is 4. The quantitative estimate of drug-likeness (QED) is 0.495. The lowest BCUT2D eigenvalue weighted by Crippen LogP contribution is -2.44. The fourth-order valence-electron chi connectivity index (χ4n) is 0.983. The SMILES string of the molecule is CNC(C(=O)O)C(=O)Nc1cc[nH]c1. The highest BCUT2D eigenvalue weighted by atomic mass is 16.4. The van der Waals surface area contributed by atoms with Crippen molar-refractivity contribution in [1.82, 2.24) is 10.3 Å². The van der Waals surface area contributed by atoms with Crippen LogP contribution in [0.4, 0.5) is 5.69 Å². The second-order valence-corrected chi connectivity index (χ2v) is 2.65. The number of hydrogen-bond acceptors (Lipinski definition) is 3. The largest absolute Gasteiger partial charge is 0.480 e. The van der Waals surface area contributed by atoms with Gasteiger partial charge in [0, 0.05) is 12.4 Å². The van der Waals surface area contributed by atoms with Crippen molar-refractivity contribution in [3.63, 3.8) is 0 Å². The van der Waals surface area contributed by atoms with Gasteiger partial charge in [0.2, 0.25) is 0 Å². The maximum absolute atomic E-state index is 11.3. The van der Waals surface area contributed by atoms with Gasteiger partial charge in [-0.25, -0.2) is 4.79 Å². The van der Waals surface area contributed by atoms with Gasteiger partial charge in [-0.3, -0.25) is 10.1 Å². The molecule has 0 aliphatic rings. The highest BCUT2D eigenvalue weighted by Gasteiger charge is 2.23. The Labute approximate surface area is 80.3 Å². The summed E-state index contributed by atoms with van der Waals surface area (Å²) in [5.41, 5.74) is 0.538. The molecule has 76 valence electrons. The van der Waals surface area contributed by atoms with Crippen LogP contribution in [0.2, 0.25) is 0 Å². The monoisotopic (exact) mass is 197 g/mol. The highest BCUT2D eigenvalue weighted by molar-refractivity contribution is 6.07. The fraction of sp³-hybridized carbons (Fsp3) is 0.250. The number of rotatable bonds is 4.